The van der Waals surface area contributed by atoms with Crippen molar-refractivity contribution in [3.63, 3.8) is 0 Å². The van der Waals surface area contributed by atoms with Crippen molar-refractivity contribution in [2.24, 2.45) is 7.05 Å². The molecule has 0 radical (unpaired) electrons. The molecule has 0 saturated carbocycles. The first kappa shape index (κ1) is 14.9. The Morgan fingerprint density at radius 1 is 1.32 bits per heavy atom. The summed E-state index contributed by atoms with van der Waals surface area (Å²) >= 11 is 11.6. The number of aryl methyl sites for hydroxylation is 2. The van der Waals surface area contributed by atoms with Gasteiger partial charge in [-0.15, -0.1) is 0 Å². The van der Waals surface area contributed by atoms with Crippen LogP contribution in [0.3, 0.4) is 0 Å². The third kappa shape index (κ3) is 3.56. The summed E-state index contributed by atoms with van der Waals surface area (Å²) < 4.78 is 3.10. The molecule has 0 saturated heterocycles. The van der Waals surface area contributed by atoms with Crippen molar-refractivity contribution in [1.29, 1.82) is 0 Å². The van der Waals surface area contributed by atoms with E-state index in [0.29, 0.717) is 0 Å². The van der Waals surface area contributed by atoms with Crippen molar-refractivity contribution in [2.45, 2.75) is 24.9 Å². The van der Waals surface area contributed by atoms with Crippen molar-refractivity contribution in [3.05, 3.63) is 50.7 Å². The first-order valence-electron chi connectivity index (χ1n) is 6.14. The third-order valence-corrected chi connectivity index (χ3v) is 5.23. The summed E-state index contributed by atoms with van der Waals surface area (Å²) in [6.07, 6.45) is 0.948. The molecule has 1 aromatic carbocycles. The molecule has 0 bridgehead atoms. The molecule has 0 aliphatic carbocycles. The fourth-order valence-corrected chi connectivity index (χ4v) is 4.17. The standard InChI is InChI=1S/C14H16BrClN2S/c1-3-12-14(15)13(18(2)17-12)9-19-8-10-6-4-5-7-11(10)16/h4-7H,3,8-9H2,1-2H3. The van der Waals surface area contributed by atoms with Crippen LogP contribution in [0.2, 0.25) is 5.02 Å². The summed E-state index contributed by atoms with van der Waals surface area (Å²) in [5.41, 5.74) is 3.54. The van der Waals surface area contributed by atoms with E-state index in [9.17, 15) is 0 Å². The molecule has 0 unspecified atom stereocenters. The SMILES string of the molecule is CCc1nn(C)c(CSCc2ccccc2Cl)c1Br. The maximum Gasteiger partial charge on any atom is 0.0767 e. The van der Waals surface area contributed by atoms with Crippen molar-refractivity contribution < 1.29 is 0 Å². The second-order valence-corrected chi connectivity index (χ2v) is 6.45. The van der Waals surface area contributed by atoms with Gasteiger partial charge in [-0.25, -0.2) is 0 Å². The summed E-state index contributed by atoms with van der Waals surface area (Å²) in [6, 6.07) is 8.00. The van der Waals surface area contributed by atoms with E-state index in [2.05, 4.69) is 34.0 Å². The van der Waals surface area contributed by atoms with Gasteiger partial charge in [0.05, 0.1) is 15.9 Å². The van der Waals surface area contributed by atoms with E-state index in [1.54, 1.807) is 0 Å². The fourth-order valence-electron chi connectivity index (χ4n) is 1.85. The minimum Gasteiger partial charge on any atom is -0.270 e. The van der Waals surface area contributed by atoms with Crippen LogP contribution in [-0.2, 0) is 25.0 Å². The van der Waals surface area contributed by atoms with E-state index in [0.717, 1.165) is 33.1 Å². The van der Waals surface area contributed by atoms with E-state index in [4.69, 9.17) is 11.6 Å². The van der Waals surface area contributed by atoms with Crippen LogP contribution >= 0.6 is 39.3 Å². The van der Waals surface area contributed by atoms with Gasteiger partial charge >= 0.3 is 0 Å². The van der Waals surface area contributed by atoms with Crippen LogP contribution in [0.4, 0.5) is 0 Å². The smallest absolute Gasteiger partial charge is 0.0767 e. The lowest BCUT2D eigenvalue weighted by atomic mass is 10.2. The summed E-state index contributed by atoms with van der Waals surface area (Å²) in [7, 11) is 2.00. The van der Waals surface area contributed by atoms with Crippen LogP contribution in [0.25, 0.3) is 0 Å². The second kappa shape index (κ2) is 6.82. The molecule has 0 fully saturated rings. The monoisotopic (exact) mass is 358 g/mol. The topological polar surface area (TPSA) is 17.8 Å². The zero-order valence-electron chi connectivity index (χ0n) is 11.0. The molecule has 0 aliphatic heterocycles. The summed E-state index contributed by atoms with van der Waals surface area (Å²) in [4.78, 5) is 0. The van der Waals surface area contributed by atoms with Gasteiger partial charge in [0, 0.05) is 23.6 Å². The Labute approximate surface area is 131 Å². The van der Waals surface area contributed by atoms with Gasteiger partial charge in [-0.2, -0.15) is 16.9 Å². The van der Waals surface area contributed by atoms with Crippen molar-refractivity contribution >= 4 is 39.3 Å². The van der Waals surface area contributed by atoms with Gasteiger partial charge in [-0.3, -0.25) is 4.68 Å². The highest BCUT2D eigenvalue weighted by Gasteiger charge is 2.12. The summed E-state index contributed by atoms with van der Waals surface area (Å²) in [5.74, 6) is 1.84. The van der Waals surface area contributed by atoms with Gasteiger partial charge in [-0.1, -0.05) is 36.7 Å². The molecule has 5 heteroatoms. The molecule has 19 heavy (non-hydrogen) atoms. The average molecular weight is 360 g/mol. The molecular formula is C14H16BrClN2S. The average Bonchev–Trinajstić information content (AvgIpc) is 2.68. The number of hydrogen-bond acceptors (Lipinski definition) is 2. The highest BCUT2D eigenvalue weighted by atomic mass is 79.9. The largest absolute Gasteiger partial charge is 0.270 e. The van der Waals surface area contributed by atoms with Gasteiger partial charge in [0.1, 0.15) is 0 Å². The predicted molar refractivity (Wildman–Crippen MR) is 86.7 cm³/mol. The summed E-state index contributed by atoms with van der Waals surface area (Å²) in [5, 5.41) is 5.34. The molecule has 2 aromatic rings. The number of halogens is 2. The molecule has 1 aromatic heterocycles. The zero-order chi connectivity index (χ0) is 13.8. The zero-order valence-corrected chi connectivity index (χ0v) is 14.1. The quantitative estimate of drug-likeness (QED) is 0.761. The van der Waals surface area contributed by atoms with E-state index < -0.39 is 0 Å². The predicted octanol–water partition coefficient (Wildman–Crippen LogP) is 4.83. The Morgan fingerprint density at radius 2 is 2.05 bits per heavy atom. The van der Waals surface area contributed by atoms with Crippen LogP contribution in [0, 0.1) is 0 Å². The molecule has 2 rings (SSSR count). The van der Waals surface area contributed by atoms with Crippen LogP contribution in [-0.4, -0.2) is 9.78 Å². The van der Waals surface area contributed by atoms with Gasteiger partial charge in [0.15, 0.2) is 0 Å². The molecule has 0 N–H and O–H groups in total. The van der Waals surface area contributed by atoms with Gasteiger partial charge < -0.3 is 0 Å². The highest BCUT2D eigenvalue weighted by Crippen LogP contribution is 2.28. The van der Waals surface area contributed by atoms with Crippen molar-refractivity contribution in [2.75, 3.05) is 0 Å². The molecule has 0 amide bonds. The van der Waals surface area contributed by atoms with E-state index in [1.165, 1.54) is 11.3 Å². The Bertz CT molecular complexity index is 569. The minimum atomic E-state index is 0.841. The van der Waals surface area contributed by atoms with Gasteiger partial charge in [0.2, 0.25) is 0 Å². The van der Waals surface area contributed by atoms with Crippen molar-refractivity contribution in [3.8, 4) is 0 Å². The lowest BCUT2D eigenvalue weighted by Gasteiger charge is -2.05. The molecule has 1 heterocycles. The lowest BCUT2D eigenvalue weighted by molar-refractivity contribution is 0.719. The number of nitrogens with zero attached hydrogens (tertiary/aromatic N) is 2. The first-order chi connectivity index (χ1) is 9.13. The highest BCUT2D eigenvalue weighted by molar-refractivity contribution is 9.10. The van der Waals surface area contributed by atoms with E-state index in [-0.39, 0.29) is 0 Å². The third-order valence-electron chi connectivity index (χ3n) is 2.96. The number of aromatic nitrogens is 2. The van der Waals surface area contributed by atoms with Crippen LogP contribution < -0.4 is 0 Å². The first-order valence-corrected chi connectivity index (χ1v) is 8.47. The van der Waals surface area contributed by atoms with Crippen LogP contribution in [0.1, 0.15) is 23.9 Å². The Hall–Kier alpha value is -0.450. The number of hydrogen-bond donors (Lipinski definition) is 0. The van der Waals surface area contributed by atoms with Crippen LogP contribution in [0.5, 0.6) is 0 Å². The molecule has 0 atom stereocenters. The second-order valence-electron chi connectivity index (χ2n) is 4.27. The van der Waals surface area contributed by atoms with Crippen LogP contribution in [0.15, 0.2) is 28.7 Å². The Morgan fingerprint density at radius 3 is 2.68 bits per heavy atom. The molecule has 0 spiro atoms. The van der Waals surface area contributed by atoms with Gasteiger partial charge in [-0.05, 0) is 34.0 Å². The van der Waals surface area contributed by atoms with E-state index >= 15 is 0 Å². The number of thioether (sulfide) groups is 1. The number of benzene rings is 1. The molecule has 0 aliphatic rings. The molecule has 102 valence electrons. The van der Waals surface area contributed by atoms with Crippen molar-refractivity contribution in [1.82, 2.24) is 9.78 Å². The maximum atomic E-state index is 6.15. The maximum absolute atomic E-state index is 6.15. The lowest BCUT2D eigenvalue weighted by Crippen LogP contribution is -1.97. The normalized spacial score (nSPS) is 10.9. The Balaban J connectivity index is 2.00. The summed E-state index contributed by atoms with van der Waals surface area (Å²) in [6.45, 7) is 2.12. The fraction of sp³-hybridized carbons (Fsp3) is 0.357. The Kier molecular flexibility index (Phi) is 5.37. The molecular weight excluding hydrogens is 344 g/mol. The molecule has 2 nitrogen and oxygen atoms in total. The minimum absolute atomic E-state index is 0.841. The number of rotatable bonds is 5. The van der Waals surface area contributed by atoms with E-state index in [1.807, 2.05) is 41.7 Å². The van der Waals surface area contributed by atoms with Gasteiger partial charge in [0.25, 0.3) is 0 Å².